The van der Waals surface area contributed by atoms with E-state index in [0.717, 1.165) is 13.0 Å². The maximum atomic E-state index is 3.68. The fraction of sp³-hybridized carbons (Fsp3) is 0.364. The van der Waals surface area contributed by atoms with Crippen LogP contribution in [-0.2, 0) is 6.54 Å². The van der Waals surface area contributed by atoms with Crippen molar-refractivity contribution in [3.63, 3.8) is 0 Å². The van der Waals surface area contributed by atoms with Crippen molar-refractivity contribution in [3.05, 3.63) is 64.7 Å². The van der Waals surface area contributed by atoms with E-state index < -0.39 is 0 Å². The molecule has 1 aliphatic rings. The summed E-state index contributed by atoms with van der Waals surface area (Å²) in [4.78, 5) is 0. The van der Waals surface area contributed by atoms with Gasteiger partial charge in [0, 0.05) is 12.1 Å². The first-order valence-electron chi connectivity index (χ1n) is 8.48. The van der Waals surface area contributed by atoms with Crippen LogP contribution in [0.25, 0.3) is 16.3 Å². The van der Waals surface area contributed by atoms with Gasteiger partial charge in [0.15, 0.2) is 0 Å². The molecular formula is C22H27N. The Labute approximate surface area is 140 Å². The predicted octanol–water partition coefficient (Wildman–Crippen LogP) is 5.85. The average molecular weight is 305 g/mol. The summed E-state index contributed by atoms with van der Waals surface area (Å²) in [6.07, 6.45) is 3.40. The fourth-order valence-electron chi connectivity index (χ4n) is 3.40. The zero-order chi connectivity index (χ0) is 16.6. The van der Waals surface area contributed by atoms with Gasteiger partial charge in [0.1, 0.15) is 0 Å². The number of nitrogens with one attached hydrogen (secondary N) is 1. The second kappa shape index (κ2) is 5.98. The maximum Gasteiger partial charge on any atom is 0.0222 e. The highest BCUT2D eigenvalue weighted by atomic mass is 14.9. The number of hydrogen-bond acceptors (Lipinski definition) is 1. The van der Waals surface area contributed by atoms with Gasteiger partial charge >= 0.3 is 0 Å². The molecule has 0 amide bonds. The molecule has 1 heteroatoms. The molecule has 0 radical (unpaired) electrons. The Hall–Kier alpha value is -1.86. The SMILES string of the molecule is CC1=CC(C)=C(c2ccc3ccccc3c2CNC(C)(C)C)C1. The van der Waals surface area contributed by atoms with Crippen molar-refractivity contribution in [1.82, 2.24) is 5.32 Å². The Morgan fingerprint density at radius 3 is 2.39 bits per heavy atom. The number of allylic oxidation sites excluding steroid dienone is 4. The van der Waals surface area contributed by atoms with Gasteiger partial charge in [-0.2, -0.15) is 0 Å². The molecule has 2 aromatic rings. The lowest BCUT2D eigenvalue weighted by atomic mass is 9.91. The average Bonchev–Trinajstić information content (AvgIpc) is 2.82. The third-order valence-corrected chi connectivity index (χ3v) is 4.56. The third-order valence-electron chi connectivity index (χ3n) is 4.56. The highest BCUT2D eigenvalue weighted by Gasteiger charge is 2.18. The summed E-state index contributed by atoms with van der Waals surface area (Å²) >= 11 is 0. The number of fused-ring (bicyclic) bond motifs is 1. The van der Waals surface area contributed by atoms with Crippen LogP contribution < -0.4 is 5.32 Å². The first-order chi connectivity index (χ1) is 10.8. The van der Waals surface area contributed by atoms with Crippen molar-refractivity contribution in [1.29, 1.82) is 0 Å². The van der Waals surface area contributed by atoms with Gasteiger partial charge in [-0.25, -0.2) is 0 Å². The molecule has 1 nitrogen and oxygen atoms in total. The van der Waals surface area contributed by atoms with E-state index in [4.69, 9.17) is 0 Å². The van der Waals surface area contributed by atoms with Crippen molar-refractivity contribution in [2.75, 3.05) is 0 Å². The van der Waals surface area contributed by atoms with Gasteiger partial charge in [-0.05, 0) is 74.1 Å². The summed E-state index contributed by atoms with van der Waals surface area (Å²) < 4.78 is 0. The molecule has 0 saturated carbocycles. The highest BCUT2D eigenvalue weighted by molar-refractivity contribution is 5.92. The van der Waals surface area contributed by atoms with E-state index in [1.807, 2.05) is 0 Å². The quantitative estimate of drug-likeness (QED) is 0.750. The topological polar surface area (TPSA) is 12.0 Å². The van der Waals surface area contributed by atoms with E-state index in [1.54, 1.807) is 0 Å². The Morgan fingerprint density at radius 2 is 1.74 bits per heavy atom. The minimum atomic E-state index is 0.113. The molecule has 120 valence electrons. The summed E-state index contributed by atoms with van der Waals surface area (Å²) in [6.45, 7) is 12.0. The Kier molecular flexibility index (Phi) is 4.16. The van der Waals surface area contributed by atoms with Crippen molar-refractivity contribution in [3.8, 4) is 0 Å². The molecule has 1 aliphatic carbocycles. The molecule has 0 fully saturated rings. The number of hydrogen-bond donors (Lipinski definition) is 1. The lowest BCUT2D eigenvalue weighted by molar-refractivity contribution is 0.425. The monoisotopic (exact) mass is 305 g/mol. The normalized spacial score (nSPS) is 15.4. The van der Waals surface area contributed by atoms with Crippen LogP contribution in [0.5, 0.6) is 0 Å². The van der Waals surface area contributed by atoms with Crippen LogP contribution in [0, 0.1) is 0 Å². The smallest absolute Gasteiger partial charge is 0.0222 e. The van der Waals surface area contributed by atoms with Gasteiger partial charge < -0.3 is 5.32 Å². The van der Waals surface area contributed by atoms with Crippen molar-refractivity contribution < 1.29 is 0 Å². The van der Waals surface area contributed by atoms with Crippen molar-refractivity contribution in [2.45, 2.75) is 53.1 Å². The molecule has 2 aromatic carbocycles. The summed E-state index contributed by atoms with van der Waals surface area (Å²) in [5.41, 5.74) is 7.30. The number of rotatable bonds is 3. The molecule has 1 N–H and O–H groups in total. The molecular weight excluding hydrogens is 278 g/mol. The fourth-order valence-corrected chi connectivity index (χ4v) is 3.40. The van der Waals surface area contributed by atoms with E-state index >= 15 is 0 Å². The molecule has 23 heavy (non-hydrogen) atoms. The molecule has 0 unspecified atom stereocenters. The molecule has 0 bridgehead atoms. The molecule has 0 spiro atoms. The van der Waals surface area contributed by atoms with E-state index in [-0.39, 0.29) is 5.54 Å². The first kappa shape index (κ1) is 16.0. The van der Waals surface area contributed by atoms with Crippen molar-refractivity contribution in [2.24, 2.45) is 0 Å². The lowest BCUT2D eigenvalue weighted by Crippen LogP contribution is -2.35. The summed E-state index contributed by atoms with van der Waals surface area (Å²) in [7, 11) is 0. The Morgan fingerprint density at radius 1 is 1.00 bits per heavy atom. The first-order valence-corrected chi connectivity index (χ1v) is 8.48. The molecule has 0 heterocycles. The van der Waals surface area contributed by atoms with Crippen LogP contribution in [0.2, 0.25) is 0 Å². The predicted molar refractivity (Wildman–Crippen MR) is 102 cm³/mol. The number of benzene rings is 2. The van der Waals surface area contributed by atoms with E-state index in [9.17, 15) is 0 Å². The van der Waals surface area contributed by atoms with Crippen LogP contribution in [0.1, 0.15) is 52.2 Å². The zero-order valence-corrected chi connectivity index (χ0v) is 15.0. The lowest BCUT2D eigenvalue weighted by Gasteiger charge is -2.23. The minimum Gasteiger partial charge on any atom is -0.308 e. The summed E-state index contributed by atoms with van der Waals surface area (Å²) in [5, 5.41) is 6.37. The largest absolute Gasteiger partial charge is 0.308 e. The second-order valence-electron chi connectivity index (χ2n) is 7.75. The van der Waals surface area contributed by atoms with Crippen LogP contribution in [0.3, 0.4) is 0 Å². The van der Waals surface area contributed by atoms with Crippen LogP contribution in [-0.4, -0.2) is 5.54 Å². The second-order valence-corrected chi connectivity index (χ2v) is 7.75. The van der Waals surface area contributed by atoms with Gasteiger partial charge in [-0.3, -0.25) is 0 Å². The van der Waals surface area contributed by atoms with Gasteiger partial charge in [0.25, 0.3) is 0 Å². The van der Waals surface area contributed by atoms with Gasteiger partial charge in [0.05, 0.1) is 0 Å². The van der Waals surface area contributed by atoms with Crippen LogP contribution in [0.4, 0.5) is 0 Å². The zero-order valence-electron chi connectivity index (χ0n) is 15.0. The minimum absolute atomic E-state index is 0.113. The van der Waals surface area contributed by atoms with Crippen LogP contribution in [0.15, 0.2) is 53.6 Å². The maximum absolute atomic E-state index is 3.68. The summed E-state index contributed by atoms with van der Waals surface area (Å²) in [6, 6.07) is 13.3. The molecule has 0 saturated heterocycles. The van der Waals surface area contributed by atoms with Gasteiger partial charge in [-0.15, -0.1) is 0 Å². The highest BCUT2D eigenvalue weighted by Crippen LogP contribution is 2.37. The third kappa shape index (κ3) is 3.40. The standard InChI is InChI=1S/C22H27N/c1-15-12-16(2)20(13-15)19-11-10-17-8-6-7-9-18(17)21(19)14-23-22(3,4)5/h6-12,23H,13-14H2,1-5H3. The van der Waals surface area contributed by atoms with Crippen LogP contribution >= 0.6 is 0 Å². The summed E-state index contributed by atoms with van der Waals surface area (Å²) in [5.74, 6) is 0. The molecule has 3 rings (SSSR count). The Bertz CT molecular complexity index is 800. The van der Waals surface area contributed by atoms with Gasteiger partial charge in [-0.1, -0.05) is 48.0 Å². The van der Waals surface area contributed by atoms with E-state index in [1.165, 1.54) is 38.6 Å². The van der Waals surface area contributed by atoms with E-state index in [0.29, 0.717) is 0 Å². The Balaban J connectivity index is 2.12. The van der Waals surface area contributed by atoms with Crippen molar-refractivity contribution >= 4 is 16.3 Å². The molecule has 0 atom stereocenters. The van der Waals surface area contributed by atoms with Gasteiger partial charge in [0.2, 0.25) is 0 Å². The molecule has 0 aromatic heterocycles. The molecule has 0 aliphatic heterocycles. The van der Waals surface area contributed by atoms with E-state index in [2.05, 4.69) is 82.4 Å².